The van der Waals surface area contributed by atoms with Crippen molar-refractivity contribution in [1.29, 1.82) is 0 Å². The lowest BCUT2D eigenvalue weighted by molar-refractivity contribution is 0.0696. The Hall–Kier alpha value is -2.17. The monoisotopic (exact) mass is 245 g/mol. The fourth-order valence-corrected chi connectivity index (χ4v) is 1.85. The van der Waals surface area contributed by atoms with Gasteiger partial charge in [0.25, 0.3) is 0 Å². The normalized spacial score (nSPS) is 10.6. The van der Waals surface area contributed by atoms with E-state index in [2.05, 4.69) is 17.0 Å². The van der Waals surface area contributed by atoms with Crippen molar-refractivity contribution in [2.75, 3.05) is 0 Å². The van der Waals surface area contributed by atoms with Gasteiger partial charge in [0.1, 0.15) is 0 Å². The lowest BCUT2D eigenvalue weighted by Gasteiger charge is -2.00. The second-order valence-corrected chi connectivity index (χ2v) is 4.16. The first-order chi connectivity index (χ1) is 8.61. The van der Waals surface area contributed by atoms with Crippen molar-refractivity contribution >= 4 is 5.97 Å². The van der Waals surface area contributed by atoms with Crippen molar-refractivity contribution in [3.05, 3.63) is 35.9 Å². The summed E-state index contributed by atoms with van der Waals surface area (Å²) in [7, 11) is 0. The van der Waals surface area contributed by atoms with Crippen LogP contribution in [0.4, 0.5) is 0 Å². The highest BCUT2D eigenvalue weighted by atomic mass is 16.4. The number of aromatic carboxylic acids is 1. The molecule has 94 valence electrons. The molecule has 0 fully saturated rings. The quantitative estimate of drug-likeness (QED) is 0.897. The van der Waals surface area contributed by atoms with Gasteiger partial charge in [0.2, 0.25) is 0 Å². The topological polar surface area (TPSA) is 68.0 Å². The lowest BCUT2D eigenvalue weighted by atomic mass is 10.1. The molecule has 1 N–H and O–H groups in total. The summed E-state index contributed by atoms with van der Waals surface area (Å²) in [5.41, 5.74) is 2.79. The van der Waals surface area contributed by atoms with Gasteiger partial charge in [-0.3, -0.25) is 9.67 Å². The van der Waals surface area contributed by atoms with E-state index in [1.54, 1.807) is 12.3 Å². The molecule has 0 unspecified atom stereocenters. The predicted molar refractivity (Wildman–Crippen MR) is 67.4 cm³/mol. The van der Waals surface area contributed by atoms with E-state index >= 15 is 0 Å². The van der Waals surface area contributed by atoms with Gasteiger partial charge >= 0.3 is 5.97 Å². The summed E-state index contributed by atoms with van der Waals surface area (Å²) in [5, 5.41) is 13.3. The number of carbonyl (C=O) groups is 1. The number of carboxylic acid groups (broad SMARTS) is 1. The van der Waals surface area contributed by atoms with Gasteiger partial charge in [0, 0.05) is 36.3 Å². The molecule has 5 nitrogen and oxygen atoms in total. The highest BCUT2D eigenvalue weighted by Crippen LogP contribution is 2.22. The number of hydrogen-bond acceptors (Lipinski definition) is 3. The minimum Gasteiger partial charge on any atom is -0.478 e. The molecule has 0 atom stereocenters. The fourth-order valence-electron chi connectivity index (χ4n) is 1.85. The van der Waals surface area contributed by atoms with Crippen LogP contribution in [0.5, 0.6) is 0 Å². The van der Waals surface area contributed by atoms with E-state index in [0.717, 1.165) is 29.8 Å². The standard InChI is InChI=1S/C13H15N3O2/c1-3-4-16-8-12(9(2)15-16)10-5-11(13(17)18)7-14-6-10/h5-8H,3-4H2,1-2H3,(H,17,18). The first-order valence-corrected chi connectivity index (χ1v) is 5.84. The maximum Gasteiger partial charge on any atom is 0.337 e. The molecule has 0 bridgehead atoms. The van der Waals surface area contributed by atoms with Crippen molar-refractivity contribution in [3.8, 4) is 11.1 Å². The van der Waals surface area contributed by atoms with E-state index in [1.165, 1.54) is 6.20 Å². The van der Waals surface area contributed by atoms with Gasteiger partial charge < -0.3 is 5.11 Å². The van der Waals surface area contributed by atoms with Crippen LogP contribution < -0.4 is 0 Å². The molecular weight excluding hydrogens is 230 g/mol. The summed E-state index contributed by atoms with van der Waals surface area (Å²) in [6.45, 7) is 4.85. The molecule has 0 saturated heterocycles. The van der Waals surface area contributed by atoms with E-state index in [0.29, 0.717) is 0 Å². The van der Waals surface area contributed by atoms with Gasteiger partial charge in [-0.25, -0.2) is 4.79 Å². The third kappa shape index (κ3) is 2.40. The van der Waals surface area contributed by atoms with Crippen LogP contribution in [-0.2, 0) is 6.54 Å². The molecule has 18 heavy (non-hydrogen) atoms. The van der Waals surface area contributed by atoms with Gasteiger partial charge in [-0.1, -0.05) is 6.92 Å². The number of nitrogens with zero attached hydrogens (tertiary/aromatic N) is 3. The third-order valence-corrected chi connectivity index (χ3v) is 2.70. The number of aromatic nitrogens is 3. The maximum absolute atomic E-state index is 10.9. The third-order valence-electron chi connectivity index (χ3n) is 2.70. The van der Waals surface area contributed by atoms with Gasteiger partial charge in [0.15, 0.2) is 0 Å². The van der Waals surface area contributed by atoms with Gasteiger partial charge in [0.05, 0.1) is 11.3 Å². The predicted octanol–water partition coefficient (Wildman–Crippen LogP) is 2.36. The maximum atomic E-state index is 10.9. The second kappa shape index (κ2) is 5.00. The minimum absolute atomic E-state index is 0.190. The van der Waals surface area contributed by atoms with Gasteiger partial charge in [-0.05, 0) is 19.4 Å². The Balaban J connectivity index is 2.41. The fraction of sp³-hybridized carbons (Fsp3) is 0.308. The molecule has 2 aromatic rings. The van der Waals surface area contributed by atoms with E-state index in [-0.39, 0.29) is 5.56 Å². The molecule has 2 aromatic heterocycles. The van der Waals surface area contributed by atoms with Crippen LogP contribution in [0.3, 0.4) is 0 Å². The molecule has 5 heteroatoms. The van der Waals surface area contributed by atoms with E-state index in [1.807, 2.05) is 17.8 Å². The number of pyridine rings is 1. The number of aryl methyl sites for hydroxylation is 2. The second-order valence-electron chi connectivity index (χ2n) is 4.16. The SMILES string of the molecule is CCCn1cc(-c2cncc(C(=O)O)c2)c(C)n1. The van der Waals surface area contributed by atoms with Crippen LogP contribution in [0.2, 0.25) is 0 Å². The Morgan fingerprint density at radius 3 is 2.89 bits per heavy atom. The average Bonchev–Trinajstić information content (AvgIpc) is 2.71. The minimum atomic E-state index is -0.969. The van der Waals surface area contributed by atoms with Crippen LogP contribution in [0.1, 0.15) is 29.4 Å². The molecule has 0 aliphatic rings. The van der Waals surface area contributed by atoms with E-state index in [9.17, 15) is 4.79 Å². The highest BCUT2D eigenvalue weighted by Gasteiger charge is 2.10. The molecule has 2 rings (SSSR count). The van der Waals surface area contributed by atoms with Crippen molar-refractivity contribution in [1.82, 2.24) is 14.8 Å². The molecule has 0 aliphatic heterocycles. The Bertz CT molecular complexity index is 575. The number of carboxylic acids is 1. The molecule has 0 aromatic carbocycles. The molecule has 0 amide bonds. The molecule has 0 aliphatic carbocycles. The number of rotatable bonds is 4. The Labute approximate surface area is 105 Å². The van der Waals surface area contributed by atoms with Gasteiger partial charge in [-0.2, -0.15) is 5.10 Å². The molecule has 2 heterocycles. The lowest BCUT2D eigenvalue weighted by Crippen LogP contribution is -1.97. The largest absolute Gasteiger partial charge is 0.478 e. The average molecular weight is 245 g/mol. The van der Waals surface area contributed by atoms with Crippen LogP contribution >= 0.6 is 0 Å². The molecule has 0 saturated carbocycles. The molecular formula is C13H15N3O2. The van der Waals surface area contributed by atoms with Crippen molar-refractivity contribution in [2.45, 2.75) is 26.8 Å². The Morgan fingerprint density at radius 2 is 2.22 bits per heavy atom. The van der Waals surface area contributed by atoms with E-state index in [4.69, 9.17) is 5.11 Å². The van der Waals surface area contributed by atoms with Crippen molar-refractivity contribution < 1.29 is 9.90 Å². The zero-order chi connectivity index (χ0) is 13.1. The summed E-state index contributed by atoms with van der Waals surface area (Å²) in [6.07, 6.45) is 5.94. The zero-order valence-electron chi connectivity index (χ0n) is 10.4. The van der Waals surface area contributed by atoms with Crippen LogP contribution in [0.25, 0.3) is 11.1 Å². The van der Waals surface area contributed by atoms with Crippen molar-refractivity contribution in [3.63, 3.8) is 0 Å². The smallest absolute Gasteiger partial charge is 0.337 e. The molecule has 0 radical (unpaired) electrons. The molecule has 0 spiro atoms. The van der Waals surface area contributed by atoms with Crippen molar-refractivity contribution in [2.24, 2.45) is 0 Å². The zero-order valence-corrected chi connectivity index (χ0v) is 10.4. The Morgan fingerprint density at radius 1 is 1.44 bits per heavy atom. The summed E-state index contributed by atoms with van der Waals surface area (Å²) in [5.74, 6) is -0.969. The van der Waals surface area contributed by atoms with E-state index < -0.39 is 5.97 Å². The van der Waals surface area contributed by atoms with Crippen LogP contribution in [-0.4, -0.2) is 25.8 Å². The number of hydrogen-bond donors (Lipinski definition) is 1. The summed E-state index contributed by atoms with van der Waals surface area (Å²) in [4.78, 5) is 14.9. The summed E-state index contributed by atoms with van der Waals surface area (Å²) >= 11 is 0. The highest BCUT2D eigenvalue weighted by molar-refractivity contribution is 5.88. The first-order valence-electron chi connectivity index (χ1n) is 5.84. The Kier molecular flexibility index (Phi) is 3.41. The van der Waals surface area contributed by atoms with Crippen LogP contribution in [0.15, 0.2) is 24.7 Å². The first kappa shape index (κ1) is 12.3. The van der Waals surface area contributed by atoms with Gasteiger partial charge in [-0.15, -0.1) is 0 Å². The summed E-state index contributed by atoms with van der Waals surface area (Å²) < 4.78 is 1.87. The van der Waals surface area contributed by atoms with Crippen LogP contribution in [0, 0.1) is 6.92 Å². The summed E-state index contributed by atoms with van der Waals surface area (Å²) in [6, 6.07) is 1.62.